The molecular formula is C14H17ClO3. The maximum atomic E-state index is 11.4. The second kappa shape index (κ2) is 6.55. The highest BCUT2D eigenvalue weighted by molar-refractivity contribution is 6.30. The summed E-state index contributed by atoms with van der Waals surface area (Å²) in [6.45, 7) is 5.50. The summed E-state index contributed by atoms with van der Waals surface area (Å²) in [5.41, 5.74) is 2.59. The average molecular weight is 269 g/mol. The average Bonchev–Trinajstić information content (AvgIpc) is 2.31. The lowest BCUT2D eigenvalue weighted by Gasteiger charge is -2.10. The molecule has 1 aromatic carbocycles. The summed E-state index contributed by atoms with van der Waals surface area (Å²) in [6.07, 6.45) is 0.243. The Bertz CT molecular complexity index is 454. The summed E-state index contributed by atoms with van der Waals surface area (Å²) in [5.74, 6) is -0.337. The number of ketones is 1. The van der Waals surface area contributed by atoms with E-state index in [4.69, 9.17) is 16.3 Å². The smallest absolute Gasteiger partial charge is 0.310 e. The van der Waals surface area contributed by atoms with Crippen molar-refractivity contribution in [1.29, 1.82) is 0 Å². The van der Waals surface area contributed by atoms with E-state index in [9.17, 15) is 9.59 Å². The molecule has 1 unspecified atom stereocenters. The Balaban J connectivity index is 2.86. The number of halogens is 1. The van der Waals surface area contributed by atoms with Gasteiger partial charge in [-0.3, -0.25) is 9.59 Å². The van der Waals surface area contributed by atoms with Crippen LogP contribution in [0.25, 0.3) is 0 Å². The van der Waals surface area contributed by atoms with Crippen LogP contribution in [0, 0.1) is 6.92 Å². The van der Waals surface area contributed by atoms with Crippen molar-refractivity contribution in [3.63, 3.8) is 0 Å². The molecule has 0 saturated heterocycles. The van der Waals surface area contributed by atoms with Gasteiger partial charge in [0.25, 0.3) is 0 Å². The fourth-order valence-corrected chi connectivity index (χ4v) is 1.81. The lowest BCUT2D eigenvalue weighted by Crippen LogP contribution is -2.09. The second-order valence-corrected chi connectivity index (χ2v) is 4.58. The minimum absolute atomic E-state index is 0.0887. The zero-order chi connectivity index (χ0) is 13.7. The van der Waals surface area contributed by atoms with Crippen LogP contribution in [-0.2, 0) is 20.7 Å². The molecule has 18 heavy (non-hydrogen) atoms. The molecule has 0 heterocycles. The van der Waals surface area contributed by atoms with Gasteiger partial charge in [0.15, 0.2) is 5.78 Å². The van der Waals surface area contributed by atoms with Crippen LogP contribution in [0.5, 0.6) is 0 Å². The maximum Gasteiger partial charge on any atom is 0.310 e. The Morgan fingerprint density at radius 3 is 2.56 bits per heavy atom. The number of esters is 1. The standard InChI is InChI=1S/C14H17ClO3/c1-4-18-13(17)8-11-5-6-12(7-9(11)2)14(15)10(3)16/h5-7,14H,4,8H2,1-3H3. The summed E-state index contributed by atoms with van der Waals surface area (Å²) >= 11 is 5.98. The third kappa shape index (κ3) is 3.84. The molecule has 0 amide bonds. The molecule has 1 rings (SSSR count). The Hall–Kier alpha value is -1.35. The van der Waals surface area contributed by atoms with E-state index in [0.717, 1.165) is 16.7 Å². The molecule has 0 aliphatic rings. The predicted octanol–water partition coefficient (Wildman–Crippen LogP) is 2.97. The van der Waals surface area contributed by atoms with Crippen LogP contribution in [0.15, 0.2) is 18.2 Å². The van der Waals surface area contributed by atoms with Crippen molar-refractivity contribution in [1.82, 2.24) is 0 Å². The van der Waals surface area contributed by atoms with Crippen molar-refractivity contribution in [2.24, 2.45) is 0 Å². The first-order chi connectivity index (χ1) is 8.45. The number of alkyl halides is 1. The third-order valence-corrected chi connectivity index (χ3v) is 3.22. The van der Waals surface area contributed by atoms with Crippen LogP contribution < -0.4 is 0 Å². The number of ether oxygens (including phenoxy) is 1. The number of hydrogen-bond acceptors (Lipinski definition) is 3. The minimum atomic E-state index is -0.625. The van der Waals surface area contributed by atoms with E-state index >= 15 is 0 Å². The van der Waals surface area contributed by atoms with E-state index in [0.29, 0.717) is 6.61 Å². The first-order valence-electron chi connectivity index (χ1n) is 5.85. The normalized spacial score (nSPS) is 12.0. The first kappa shape index (κ1) is 14.7. The van der Waals surface area contributed by atoms with E-state index in [2.05, 4.69) is 0 Å². The van der Waals surface area contributed by atoms with Gasteiger partial charge in [0.2, 0.25) is 0 Å². The van der Waals surface area contributed by atoms with E-state index in [-0.39, 0.29) is 18.2 Å². The second-order valence-electron chi connectivity index (χ2n) is 4.14. The fraction of sp³-hybridized carbons (Fsp3) is 0.429. The molecule has 4 heteroatoms. The zero-order valence-corrected chi connectivity index (χ0v) is 11.6. The van der Waals surface area contributed by atoms with Crippen molar-refractivity contribution in [2.75, 3.05) is 6.61 Å². The van der Waals surface area contributed by atoms with Gasteiger partial charge in [-0.05, 0) is 37.5 Å². The Morgan fingerprint density at radius 1 is 1.39 bits per heavy atom. The molecule has 3 nitrogen and oxygen atoms in total. The number of hydrogen-bond donors (Lipinski definition) is 0. The molecule has 1 atom stereocenters. The molecule has 0 spiro atoms. The largest absolute Gasteiger partial charge is 0.466 e. The van der Waals surface area contributed by atoms with E-state index in [1.165, 1.54) is 6.92 Å². The molecule has 0 radical (unpaired) electrons. The van der Waals surface area contributed by atoms with Crippen LogP contribution in [0.4, 0.5) is 0 Å². The molecule has 0 aliphatic heterocycles. The SMILES string of the molecule is CCOC(=O)Cc1ccc(C(Cl)C(C)=O)cc1C. The predicted molar refractivity (Wildman–Crippen MR) is 70.8 cm³/mol. The molecule has 0 bridgehead atoms. The lowest BCUT2D eigenvalue weighted by atomic mass is 10.00. The monoisotopic (exact) mass is 268 g/mol. The molecule has 1 aromatic rings. The van der Waals surface area contributed by atoms with Crippen molar-refractivity contribution in [3.8, 4) is 0 Å². The Kier molecular flexibility index (Phi) is 5.35. The topological polar surface area (TPSA) is 43.4 Å². The first-order valence-corrected chi connectivity index (χ1v) is 6.29. The van der Waals surface area contributed by atoms with Crippen LogP contribution in [0.1, 0.15) is 35.9 Å². The van der Waals surface area contributed by atoms with Gasteiger partial charge in [0, 0.05) is 0 Å². The van der Waals surface area contributed by atoms with Gasteiger partial charge in [-0.25, -0.2) is 0 Å². The molecule has 0 saturated carbocycles. The van der Waals surface area contributed by atoms with Gasteiger partial charge in [0.05, 0.1) is 13.0 Å². The Labute approximate surface area is 112 Å². The van der Waals surface area contributed by atoms with Crippen LogP contribution in [0.3, 0.4) is 0 Å². The third-order valence-electron chi connectivity index (χ3n) is 2.66. The molecule has 0 aromatic heterocycles. The Morgan fingerprint density at radius 2 is 2.06 bits per heavy atom. The maximum absolute atomic E-state index is 11.4. The highest BCUT2D eigenvalue weighted by atomic mass is 35.5. The summed E-state index contributed by atoms with van der Waals surface area (Å²) in [6, 6.07) is 5.44. The van der Waals surface area contributed by atoms with Gasteiger partial charge in [0.1, 0.15) is 5.38 Å². The number of carbonyl (C=O) groups is 2. The van der Waals surface area contributed by atoms with E-state index < -0.39 is 5.38 Å². The van der Waals surface area contributed by atoms with Crippen molar-refractivity contribution in [3.05, 3.63) is 34.9 Å². The molecular weight excluding hydrogens is 252 g/mol. The summed E-state index contributed by atoms with van der Waals surface area (Å²) < 4.78 is 4.90. The van der Waals surface area contributed by atoms with Crippen LogP contribution >= 0.6 is 11.6 Å². The van der Waals surface area contributed by atoms with Crippen molar-refractivity contribution >= 4 is 23.4 Å². The number of Topliss-reactive ketones (excluding diaryl/α,β-unsaturated/α-hetero) is 1. The highest BCUT2D eigenvalue weighted by Crippen LogP contribution is 2.24. The number of aryl methyl sites for hydroxylation is 1. The van der Waals surface area contributed by atoms with E-state index in [1.807, 2.05) is 19.1 Å². The number of carbonyl (C=O) groups excluding carboxylic acids is 2. The van der Waals surface area contributed by atoms with Gasteiger partial charge in [-0.1, -0.05) is 18.2 Å². The van der Waals surface area contributed by atoms with Crippen LogP contribution in [0.2, 0.25) is 0 Å². The highest BCUT2D eigenvalue weighted by Gasteiger charge is 2.14. The summed E-state index contributed by atoms with van der Waals surface area (Å²) in [4.78, 5) is 22.6. The van der Waals surface area contributed by atoms with Gasteiger partial charge in [-0.2, -0.15) is 0 Å². The molecule has 0 aliphatic carbocycles. The number of rotatable bonds is 5. The van der Waals surface area contributed by atoms with Crippen molar-refractivity contribution in [2.45, 2.75) is 32.6 Å². The summed E-state index contributed by atoms with van der Waals surface area (Å²) in [5, 5.41) is -0.625. The quantitative estimate of drug-likeness (QED) is 0.609. The fourth-order valence-electron chi connectivity index (χ4n) is 1.68. The van der Waals surface area contributed by atoms with Gasteiger partial charge >= 0.3 is 5.97 Å². The van der Waals surface area contributed by atoms with Crippen molar-refractivity contribution < 1.29 is 14.3 Å². The molecule has 98 valence electrons. The van der Waals surface area contributed by atoms with Gasteiger partial charge in [-0.15, -0.1) is 11.6 Å². The number of benzene rings is 1. The summed E-state index contributed by atoms with van der Waals surface area (Å²) in [7, 11) is 0. The zero-order valence-electron chi connectivity index (χ0n) is 10.8. The molecule has 0 N–H and O–H groups in total. The van der Waals surface area contributed by atoms with Gasteiger partial charge < -0.3 is 4.74 Å². The lowest BCUT2D eigenvalue weighted by molar-refractivity contribution is -0.142. The minimum Gasteiger partial charge on any atom is -0.466 e. The van der Waals surface area contributed by atoms with Crippen LogP contribution in [-0.4, -0.2) is 18.4 Å². The van der Waals surface area contributed by atoms with E-state index in [1.54, 1.807) is 13.0 Å². The molecule has 0 fully saturated rings.